The zero-order chi connectivity index (χ0) is 15.7. The second-order valence-corrected chi connectivity index (χ2v) is 9.90. The van der Waals surface area contributed by atoms with Gasteiger partial charge in [-0.15, -0.1) is 5.54 Å². The zero-order valence-corrected chi connectivity index (χ0v) is 14.4. The van der Waals surface area contributed by atoms with Crippen molar-refractivity contribution in [2.24, 2.45) is 0 Å². The molecule has 0 saturated carbocycles. The van der Waals surface area contributed by atoms with Crippen LogP contribution in [0.3, 0.4) is 0 Å². The van der Waals surface area contributed by atoms with Crippen molar-refractivity contribution in [3.63, 3.8) is 0 Å². The van der Waals surface area contributed by atoms with E-state index in [9.17, 15) is 4.79 Å². The second kappa shape index (κ2) is 8.58. The van der Waals surface area contributed by atoms with Crippen LogP contribution in [0.4, 0.5) is 0 Å². The van der Waals surface area contributed by atoms with Crippen LogP contribution in [0.25, 0.3) is 0 Å². The first kappa shape index (κ1) is 17.4. The molecule has 0 amide bonds. The van der Waals surface area contributed by atoms with E-state index in [4.69, 9.17) is 4.74 Å². The molecule has 0 aliphatic carbocycles. The molecule has 4 nitrogen and oxygen atoms in total. The van der Waals surface area contributed by atoms with Crippen molar-refractivity contribution in [1.82, 2.24) is 9.97 Å². The van der Waals surface area contributed by atoms with Gasteiger partial charge in [0.05, 0.1) is 13.0 Å². The standard InChI is InChI=1S/C16H24N2O2Si/c1-5-20-16(19)11-14-12-17-13-18-15(14)9-10-21(6-2,7-3)8-4/h12-13H,5-8,11H2,1-4H3. The topological polar surface area (TPSA) is 52.1 Å². The van der Waals surface area contributed by atoms with E-state index < -0.39 is 8.07 Å². The highest BCUT2D eigenvalue weighted by Crippen LogP contribution is 2.19. The molecule has 1 aromatic rings. The molecule has 0 bridgehead atoms. The van der Waals surface area contributed by atoms with Crippen molar-refractivity contribution in [2.75, 3.05) is 6.61 Å². The quantitative estimate of drug-likeness (QED) is 0.460. The van der Waals surface area contributed by atoms with Crippen LogP contribution in [0.2, 0.25) is 18.1 Å². The van der Waals surface area contributed by atoms with Gasteiger partial charge in [-0.05, 0) is 25.1 Å². The van der Waals surface area contributed by atoms with Gasteiger partial charge < -0.3 is 4.74 Å². The van der Waals surface area contributed by atoms with Crippen LogP contribution in [0.15, 0.2) is 12.5 Å². The Labute approximate surface area is 128 Å². The van der Waals surface area contributed by atoms with Gasteiger partial charge in [0, 0.05) is 11.8 Å². The van der Waals surface area contributed by atoms with Crippen LogP contribution in [-0.2, 0) is 16.0 Å². The predicted octanol–water partition coefficient (Wildman–Crippen LogP) is 2.98. The molecule has 1 rings (SSSR count). The Morgan fingerprint density at radius 2 is 1.90 bits per heavy atom. The van der Waals surface area contributed by atoms with Gasteiger partial charge in [0.2, 0.25) is 0 Å². The summed E-state index contributed by atoms with van der Waals surface area (Å²) in [5.74, 6) is 2.94. The molecule has 0 radical (unpaired) electrons. The van der Waals surface area contributed by atoms with Crippen molar-refractivity contribution in [3.05, 3.63) is 23.8 Å². The first-order valence-corrected chi connectivity index (χ1v) is 10.2. The van der Waals surface area contributed by atoms with Crippen molar-refractivity contribution >= 4 is 14.0 Å². The van der Waals surface area contributed by atoms with Crippen molar-refractivity contribution in [3.8, 4) is 11.5 Å². The van der Waals surface area contributed by atoms with Crippen LogP contribution in [0.5, 0.6) is 0 Å². The molecule has 0 aliphatic heterocycles. The minimum absolute atomic E-state index is 0.178. The van der Waals surface area contributed by atoms with Gasteiger partial charge in [-0.1, -0.05) is 26.7 Å². The fourth-order valence-corrected chi connectivity index (χ4v) is 4.59. The van der Waals surface area contributed by atoms with Gasteiger partial charge in [-0.25, -0.2) is 9.97 Å². The number of rotatable bonds is 6. The molecule has 0 N–H and O–H groups in total. The second-order valence-electron chi connectivity index (χ2n) is 4.97. The third-order valence-corrected chi connectivity index (χ3v) is 8.62. The Morgan fingerprint density at radius 3 is 2.48 bits per heavy atom. The average molecular weight is 304 g/mol. The lowest BCUT2D eigenvalue weighted by Gasteiger charge is -2.20. The van der Waals surface area contributed by atoms with Gasteiger partial charge in [-0.2, -0.15) is 0 Å². The molecule has 0 saturated heterocycles. The number of nitrogens with zero attached hydrogens (tertiary/aromatic N) is 2. The van der Waals surface area contributed by atoms with Crippen LogP contribution < -0.4 is 0 Å². The Balaban J connectivity index is 3.02. The SMILES string of the molecule is CCOC(=O)Cc1cncnc1C#C[Si](CC)(CC)CC. The summed E-state index contributed by atoms with van der Waals surface area (Å²) in [4.78, 5) is 19.8. The van der Waals surface area contributed by atoms with Crippen molar-refractivity contribution in [1.29, 1.82) is 0 Å². The van der Waals surface area contributed by atoms with E-state index in [1.54, 1.807) is 13.1 Å². The first-order valence-electron chi connectivity index (χ1n) is 7.58. The first-order chi connectivity index (χ1) is 10.1. The third-order valence-electron chi connectivity index (χ3n) is 3.90. The Hall–Kier alpha value is -1.67. The van der Waals surface area contributed by atoms with Crippen LogP contribution in [0, 0.1) is 11.5 Å². The lowest BCUT2D eigenvalue weighted by Crippen LogP contribution is -2.29. The lowest BCUT2D eigenvalue weighted by atomic mass is 10.2. The Morgan fingerprint density at radius 1 is 1.24 bits per heavy atom. The van der Waals surface area contributed by atoms with E-state index in [1.165, 1.54) is 6.33 Å². The number of carbonyl (C=O) groups excluding carboxylic acids is 1. The summed E-state index contributed by atoms with van der Waals surface area (Å²) in [6.07, 6.45) is 3.31. The monoisotopic (exact) mass is 304 g/mol. The highest BCUT2D eigenvalue weighted by molar-refractivity contribution is 6.87. The molecule has 0 spiro atoms. The number of esters is 1. The fourth-order valence-electron chi connectivity index (χ4n) is 2.17. The van der Waals surface area contributed by atoms with Crippen LogP contribution in [-0.4, -0.2) is 30.6 Å². The molecule has 5 heteroatoms. The zero-order valence-electron chi connectivity index (χ0n) is 13.4. The molecule has 0 aromatic carbocycles. The summed E-state index contributed by atoms with van der Waals surface area (Å²) in [6, 6.07) is 3.43. The fraction of sp³-hybridized carbons (Fsp3) is 0.562. The van der Waals surface area contributed by atoms with Crippen molar-refractivity contribution in [2.45, 2.75) is 52.2 Å². The van der Waals surface area contributed by atoms with Crippen LogP contribution >= 0.6 is 0 Å². The van der Waals surface area contributed by atoms with Gasteiger partial charge in [0.1, 0.15) is 20.1 Å². The van der Waals surface area contributed by atoms with E-state index in [-0.39, 0.29) is 12.4 Å². The number of hydrogen-bond donors (Lipinski definition) is 0. The normalized spacial score (nSPS) is 10.7. The summed E-state index contributed by atoms with van der Waals surface area (Å²) in [5.41, 5.74) is 4.89. The number of ether oxygens (including phenoxy) is 1. The van der Waals surface area contributed by atoms with Crippen LogP contribution in [0.1, 0.15) is 39.0 Å². The number of hydrogen-bond acceptors (Lipinski definition) is 4. The van der Waals surface area contributed by atoms with Gasteiger partial charge in [0.25, 0.3) is 0 Å². The summed E-state index contributed by atoms with van der Waals surface area (Å²) < 4.78 is 4.98. The highest BCUT2D eigenvalue weighted by Gasteiger charge is 2.24. The molecule has 0 fully saturated rings. The van der Waals surface area contributed by atoms with E-state index in [0.717, 1.165) is 23.7 Å². The molecular formula is C16H24N2O2Si. The summed E-state index contributed by atoms with van der Waals surface area (Å²) >= 11 is 0. The van der Waals surface area contributed by atoms with Gasteiger partial charge in [0.15, 0.2) is 0 Å². The molecule has 0 unspecified atom stereocenters. The number of aromatic nitrogens is 2. The van der Waals surface area contributed by atoms with E-state index in [0.29, 0.717) is 12.3 Å². The molecule has 0 atom stereocenters. The lowest BCUT2D eigenvalue weighted by molar-refractivity contribution is -0.142. The minimum Gasteiger partial charge on any atom is -0.466 e. The maximum atomic E-state index is 11.6. The summed E-state index contributed by atoms with van der Waals surface area (Å²) in [6.45, 7) is 8.82. The predicted molar refractivity (Wildman–Crippen MR) is 86.4 cm³/mol. The smallest absolute Gasteiger partial charge is 0.310 e. The van der Waals surface area contributed by atoms with E-state index in [2.05, 4.69) is 42.2 Å². The van der Waals surface area contributed by atoms with Gasteiger partial charge >= 0.3 is 5.97 Å². The third kappa shape index (κ3) is 4.98. The van der Waals surface area contributed by atoms with E-state index in [1.807, 2.05) is 0 Å². The average Bonchev–Trinajstić information content (AvgIpc) is 2.51. The maximum absolute atomic E-state index is 11.6. The summed E-state index contributed by atoms with van der Waals surface area (Å²) in [7, 11) is -1.52. The summed E-state index contributed by atoms with van der Waals surface area (Å²) in [5, 5.41) is 0. The molecular weight excluding hydrogens is 280 g/mol. The van der Waals surface area contributed by atoms with E-state index >= 15 is 0 Å². The number of carbonyl (C=O) groups is 1. The molecule has 21 heavy (non-hydrogen) atoms. The van der Waals surface area contributed by atoms with Gasteiger partial charge in [-0.3, -0.25) is 4.79 Å². The van der Waals surface area contributed by atoms with Crippen molar-refractivity contribution < 1.29 is 9.53 Å². The Bertz CT molecular complexity index is 522. The molecule has 0 aliphatic rings. The molecule has 1 aromatic heterocycles. The highest BCUT2D eigenvalue weighted by atomic mass is 28.3. The largest absolute Gasteiger partial charge is 0.466 e. The maximum Gasteiger partial charge on any atom is 0.310 e. The molecule has 1 heterocycles. The molecule has 114 valence electrons. The minimum atomic E-state index is -1.52. The Kier molecular flexibility index (Phi) is 7.10.